The molecule has 0 fully saturated rings. The first-order chi connectivity index (χ1) is 22.5. The van der Waals surface area contributed by atoms with Crippen molar-refractivity contribution >= 4 is 55.9 Å². The molecule has 0 saturated heterocycles. The Balaban J connectivity index is 1.11. The summed E-state index contributed by atoms with van der Waals surface area (Å²) in [7, 11) is 0. The van der Waals surface area contributed by atoms with Crippen molar-refractivity contribution in [3.05, 3.63) is 141 Å². The number of para-hydroxylation sites is 2. The molecule has 0 saturated carbocycles. The van der Waals surface area contributed by atoms with Crippen molar-refractivity contribution in [1.82, 2.24) is 4.98 Å². The maximum absolute atomic E-state index is 13.6. The van der Waals surface area contributed by atoms with Crippen LogP contribution in [-0.4, -0.2) is 16.6 Å². The largest absolute Gasteiger partial charge is 0.871 e. The van der Waals surface area contributed by atoms with Crippen molar-refractivity contribution in [2.75, 3.05) is 10.6 Å². The molecule has 47 heavy (non-hydrogen) atoms. The van der Waals surface area contributed by atoms with E-state index in [0.29, 0.717) is 22.5 Å². The summed E-state index contributed by atoms with van der Waals surface area (Å²) >= 11 is 0. The van der Waals surface area contributed by atoms with E-state index in [1.54, 1.807) is 12.1 Å². The summed E-state index contributed by atoms with van der Waals surface area (Å²) in [5, 5.41) is 35.5. The van der Waals surface area contributed by atoms with E-state index in [2.05, 4.69) is 15.6 Å². The van der Waals surface area contributed by atoms with Crippen molar-refractivity contribution in [1.29, 1.82) is 0 Å². The third kappa shape index (κ3) is 3.46. The Hall–Kier alpha value is -5.82. The second-order valence-electron chi connectivity index (χ2n) is 13.8. The van der Waals surface area contributed by atoms with Crippen molar-refractivity contribution in [2.24, 2.45) is 0 Å². The van der Waals surface area contributed by atoms with Gasteiger partial charge in [0.2, 0.25) is 0 Å². The number of aromatic nitrogens is 1. The molecule has 7 nitrogen and oxygen atoms in total. The van der Waals surface area contributed by atoms with Crippen LogP contribution in [0.2, 0.25) is 0 Å². The zero-order chi connectivity index (χ0) is 32.6. The molecule has 0 bridgehead atoms. The highest BCUT2D eigenvalue weighted by molar-refractivity contribution is 6.40. The van der Waals surface area contributed by atoms with Crippen LogP contribution in [0.5, 0.6) is 0 Å². The van der Waals surface area contributed by atoms with Crippen LogP contribution in [0.1, 0.15) is 49.9 Å². The van der Waals surface area contributed by atoms with Crippen LogP contribution in [0.4, 0.5) is 11.4 Å². The van der Waals surface area contributed by atoms with Crippen LogP contribution in [0.3, 0.4) is 0 Å². The van der Waals surface area contributed by atoms with Gasteiger partial charge in [-0.25, -0.2) is 0 Å². The summed E-state index contributed by atoms with van der Waals surface area (Å²) < 4.78 is 0. The predicted octanol–water partition coefficient (Wildman–Crippen LogP) is 5.94. The lowest BCUT2D eigenvalue weighted by Gasteiger charge is -2.35. The fourth-order valence-corrected chi connectivity index (χ4v) is 7.85. The van der Waals surface area contributed by atoms with Crippen molar-refractivity contribution in [3.63, 3.8) is 0 Å². The van der Waals surface area contributed by atoms with Gasteiger partial charge in [-0.05, 0) is 58.7 Å². The number of H-pyrrole nitrogens is 1. The second kappa shape index (κ2) is 8.91. The molecule has 0 atom stereocenters. The summed E-state index contributed by atoms with van der Waals surface area (Å²) in [5.41, 5.74) is 7.63. The van der Waals surface area contributed by atoms with E-state index in [1.807, 2.05) is 100 Å². The van der Waals surface area contributed by atoms with E-state index in [4.69, 9.17) is 0 Å². The SMILES string of the molecule is CC1(C)C(=C2C(=O)C(c3ccc4[nH]c5ccc(C6=C([O-])C(=C7Nc8ccccc8C7(C)C)C6=O)cc5c4c3)=C2[O-])Nc2ccccc21. The van der Waals surface area contributed by atoms with E-state index >= 15 is 0 Å². The standard InChI is InChI=1S/C40H31N3O4/c1-39(2)23-9-5-7-11-27(23)42-37(39)31-33(44)29(34(31)45)19-13-15-25-21(17-19)22-18-20(14-16-26(22)41-25)30-35(46)32(36(30)47)38-40(3,4)24-10-6-8-12-28(24)43-38/h5-18,41-44,46H,1-4H3/p-2. The van der Waals surface area contributed by atoms with Crippen LogP contribution in [-0.2, 0) is 20.4 Å². The number of Topliss-reactive ketones (excluding diaryl/α,β-unsaturated/α-hetero) is 2. The third-order valence-electron chi connectivity index (χ3n) is 10.5. The van der Waals surface area contributed by atoms with Crippen LogP contribution in [0.15, 0.2) is 119 Å². The zero-order valence-electron chi connectivity index (χ0n) is 26.2. The van der Waals surface area contributed by atoms with E-state index in [9.17, 15) is 19.8 Å². The molecule has 3 N–H and O–H groups in total. The first kappa shape index (κ1) is 27.5. The maximum atomic E-state index is 13.6. The minimum Gasteiger partial charge on any atom is -0.871 e. The molecule has 1 aromatic heterocycles. The van der Waals surface area contributed by atoms with E-state index in [-0.39, 0.29) is 45.4 Å². The van der Waals surface area contributed by atoms with Gasteiger partial charge in [0.1, 0.15) is 0 Å². The van der Waals surface area contributed by atoms with Gasteiger partial charge in [-0.15, -0.1) is 0 Å². The smallest absolute Gasteiger partial charge is 0.194 e. The minimum absolute atomic E-state index is 0.163. The summed E-state index contributed by atoms with van der Waals surface area (Å²) in [6, 6.07) is 26.7. The normalized spacial score (nSPS) is 22.3. The van der Waals surface area contributed by atoms with Gasteiger partial charge >= 0.3 is 0 Å². The number of allylic oxidation sites excluding steroid dienone is 6. The Morgan fingerprint density at radius 1 is 0.532 bits per heavy atom. The van der Waals surface area contributed by atoms with Crippen LogP contribution in [0.25, 0.3) is 33.0 Å². The first-order valence-corrected chi connectivity index (χ1v) is 15.7. The minimum atomic E-state index is -0.503. The molecule has 2 aliphatic heterocycles. The molecule has 2 aliphatic carbocycles. The molecular formula is C40H29N3O4-2. The van der Waals surface area contributed by atoms with Crippen LogP contribution < -0.4 is 20.8 Å². The average molecular weight is 616 g/mol. The fourth-order valence-electron chi connectivity index (χ4n) is 7.85. The lowest BCUT2D eigenvalue weighted by molar-refractivity contribution is -0.298. The van der Waals surface area contributed by atoms with Crippen molar-refractivity contribution < 1.29 is 19.8 Å². The van der Waals surface area contributed by atoms with E-state index in [0.717, 1.165) is 44.3 Å². The average Bonchev–Trinajstić information content (AvgIpc) is 3.63. The number of ketones is 2. The Bertz CT molecular complexity index is 2300. The molecular weight excluding hydrogens is 586 g/mol. The fraction of sp³-hybridized carbons (Fsp3) is 0.150. The van der Waals surface area contributed by atoms with Gasteiger partial charge in [-0.3, -0.25) is 9.59 Å². The van der Waals surface area contributed by atoms with Crippen LogP contribution >= 0.6 is 0 Å². The van der Waals surface area contributed by atoms with Gasteiger partial charge in [0.05, 0.1) is 0 Å². The molecule has 9 rings (SSSR count). The molecule has 4 aliphatic rings. The highest BCUT2D eigenvalue weighted by Crippen LogP contribution is 2.50. The number of anilines is 2. The third-order valence-corrected chi connectivity index (χ3v) is 10.5. The maximum Gasteiger partial charge on any atom is 0.194 e. The topological polar surface area (TPSA) is 120 Å². The number of carbonyl (C=O) groups excluding carboxylic acids is 2. The number of benzene rings is 4. The van der Waals surface area contributed by atoms with Gasteiger partial charge in [0, 0.05) is 77.7 Å². The summed E-state index contributed by atoms with van der Waals surface area (Å²) in [6.45, 7) is 8.06. The molecule has 7 heteroatoms. The summed E-state index contributed by atoms with van der Waals surface area (Å²) in [5.74, 6) is -1.09. The van der Waals surface area contributed by atoms with E-state index < -0.39 is 10.8 Å². The Morgan fingerprint density at radius 2 is 0.936 bits per heavy atom. The quantitative estimate of drug-likeness (QED) is 0.211. The number of hydrogen-bond donors (Lipinski definition) is 3. The number of rotatable bonds is 2. The molecule has 0 unspecified atom stereocenters. The second-order valence-corrected chi connectivity index (χ2v) is 13.8. The Morgan fingerprint density at radius 3 is 1.32 bits per heavy atom. The zero-order valence-corrected chi connectivity index (χ0v) is 26.2. The summed E-state index contributed by atoms with van der Waals surface area (Å²) in [4.78, 5) is 30.6. The predicted molar refractivity (Wildman–Crippen MR) is 180 cm³/mol. The number of fused-ring (bicyclic) bond motifs is 5. The Labute approximate surface area is 270 Å². The van der Waals surface area contributed by atoms with Crippen LogP contribution in [0, 0.1) is 0 Å². The molecule has 0 amide bonds. The van der Waals surface area contributed by atoms with Gasteiger partial charge in [-0.2, -0.15) is 0 Å². The monoisotopic (exact) mass is 615 g/mol. The molecule has 3 heterocycles. The van der Waals surface area contributed by atoms with Crippen molar-refractivity contribution in [3.8, 4) is 0 Å². The summed E-state index contributed by atoms with van der Waals surface area (Å²) in [6.07, 6.45) is 0. The van der Waals surface area contributed by atoms with Gasteiger partial charge in [0.25, 0.3) is 0 Å². The van der Waals surface area contributed by atoms with Crippen molar-refractivity contribution in [2.45, 2.75) is 38.5 Å². The first-order valence-electron chi connectivity index (χ1n) is 15.7. The molecule has 230 valence electrons. The number of nitrogens with one attached hydrogen (secondary N) is 3. The molecule has 0 spiro atoms. The lowest BCUT2D eigenvalue weighted by atomic mass is 9.75. The van der Waals surface area contributed by atoms with Gasteiger partial charge in [0.15, 0.2) is 11.6 Å². The number of hydrogen-bond acceptors (Lipinski definition) is 6. The number of carbonyl (C=O) groups is 2. The highest BCUT2D eigenvalue weighted by atomic mass is 16.3. The van der Waals surface area contributed by atoms with E-state index in [1.165, 1.54) is 0 Å². The lowest BCUT2D eigenvalue weighted by Crippen LogP contribution is -2.34. The molecule has 5 aromatic rings. The Kier molecular flexibility index (Phi) is 5.21. The molecule has 0 radical (unpaired) electrons. The van der Waals surface area contributed by atoms with Gasteiger partial charge < -0.3 is 25.8 Å². The van der Waals surface area contributed by atoms with Gasteiger partial charge in [-0.1, -0.05) is 87.7 Å². The molecule has 4 aromatic carbocycles. The highest BCUT2D eigenvalue weighted by Gasteiger charge is 2.43. The number of aromatic amines is 1.